The van der Waals surface area contributed by atoms with Crippen LogP contribution >= 0.6 is 11.6 Å². The number of morpholine rings is 1. The number of carbonyl (C=O) groups is 1. The van der Waals surface area contributed by atoms with Crippen molar-refractivity contribution in [1.29, 1.82) is 0 Å². The summed E-state index contributed by atoms with van der Waals surface area (Å²) in [5.74, 6) is 0.540. The summed E-state index contributed by atoms with van der Waals surface area (Å²) in [6.45, 7) is 4.98. The number of amides is 1. The van der Waals surface area contributed by atoms with E-state index in [-0.39, 0.29) is 23.7 Å². The molecule has 2 aromatic rings. The molecule has 1 aromatic carbocycles. The van der Waals surface area contributed by atoms with Crippen LogP contribution in [0.5, 0.6) is 5.88 Å². The Morgan fingerprint density at radius 1 is 1.37 bits per heavy atom. The summed E-state index contributed by atoms with van der Waals surface area (Å²) < 4.78 is 24.7. The molecule has 9 heteroatoms. The third kappa shape index (κ3) is 5.05. The number of benzene rings is 1. The summed E-state index contributed by atoms with van der Waals surface area (Å²) in [6, 6.07) is 5.86. The molecule has 1 amide bonds. The maximum Gasteiger partial charge on any atom is 0.255 e. The zero-order chi connectivity index (χ0) is 19.2. The lowest BCUT2D eigenvalue weighted by atomic mass is 10.2. The fourth-order valence-electron chi connectivity index (χ4n) is 2.68. The van der Waals surface area contributed by atoms with Gasteiger partial charge in [0.25, 0.3) is 5.91 Å². The van der Waals surface area contributed by atoms with E-state index in [2.05, 4.69) is 20.2 Å². The number of carbonyl (C=O) groups excluding carboxylic acids is 1. The zero-order valence-corrected chi connectivity index (χ0v) is 15.6. The van der Waals surface area contributed by atoms with Crippen molar-refractivity contribution in [3.8, 4) is 5.88 Å². The third-order valence-electron chi connectivity index (χ3n) is 3.96. The van der Waals surface area contributed by atoms with Gasteiger partial charge in [0.1, 0.15) is 24.1 Å². The average molecular weight is 395 g/mol. The van der Waals surface area contributed by atoms with Crippen LogP contribution in [0.3, 0.4) is 0 Å². The Bertz CT molecular complexity index is 795. The van der Waals surface area contributed by atoms with Crippen LogP contribution in [-0.2, 0) is 4.74 Å². The minimum Gasteiger partial charge on any atom is -0.476 e. The summed E-state index contributed by atoms with van der Waals surface area (Å²) >= 11 is 5.88. The van der Waals surface area contributed by atoms with E-state index in [0.29, 0.717) is 24.9 Å². The van der Waals surface area contributed by atoms with Gasteiger partial charge in [-0.15, -0.1) is 0 Å². The van der Waals surface area contributed by atoms with Crippen LogP contribution in [0.25, 0.3) is 0 Å². The van der Waals surface area contributed by atoms with E-state index < -0.39 is 11.7 Å². The van der Waals surface area contributed by atoms with Crippen molar-refractivity contribution < 1.29 is 18.7 Å². The molecule has 1 fully saturated rings. The van der Waals surface area contributed by atoms with Crippen LogP contribution in [0.15, 0.2) is 24.3 Å². The van der Waals surface area contributed by atoms with Gasteiger partial charge in [0.15, 0.2) is 0 Å². The first kappa shape index (κ1) is 19.3. The Morgan fingerprint density at radius 2 is 2.15 bits per heavy atom. The van der Waals surface area contributed by atoms with Crippen molar-refractivity contribution >= 4 is 23.3 Å². The monoisotopic (exact) mass is 394 g/mol. The second-order valence-corrected chi connectivity index (χ2v) is 6.32. The second kappa shape index (κ2) is 8.96. The summed E-state index contributed by atoms with van der Waals surface area (Å²) in [5.41, 5.74) is -0.174. The molecule has 27 heavy (non-hydrogen) atoms. The zero-order valence-electron chi connectivity index (χ0n) is 14.9. The van der Waals surface area contributed by atoms with Gasteiger partial charge < -0.3 is 19.7 Å². The Morgan fingerprint density at radius 3 is 2.89 bits per heavy atom. The number of nitrogens with zero attached hydrogens (tertiary/aromatic N) is 3. The summed E-state index contributed by atoms with van der Waals surface area (Å²) in [4.78, 5) is 22.9. The maximum absolute atomic E-state index is 13.7. The highest BCUT2D eigenvalue weighted by Crippen LogP contribution is 2.19. The first-order valence-corrected chi connectivity index (χ1v) is 8.96. The first-order valence-electron chi connectivity index (χ1n) is 8.58. The van der Waals surface area contributed by atoms with Gasteiger partial charge in [0.2, 0.25) is 5.88 Å². The molecule has 1 N–H and O–H groups in total. The van der Waals surface area contributed by atoms with Gasteiger partial charge in [-0.2, -0.15) is 4.98 Å². The Balaban J connectivity index is 1.54. The minimum atomic E-state index is -0.664. The van der Waals surface area contributed by atoms with E-state index in [9.17, 15) is 9.18 Å². The van der Waals surface area contributed by atoms with Crippen LogP contribution in [-0.4, -0.2) is 55.3 Å². The molecular weight excluding hydrogens is 375 g/mol. The first-order chi connectivity index (χ1) is 13.0. The fraction of sp³-hybridized carbons (Fsp3) is 0.389. The van der Waals surface area contributed by atoms with Crippen molar-refractivity contribution in [2.45, 2.75) is 6.92 Å². The molecule has 0 unspecified atom stereocenters. The molecule has 2 heterocycles. The van der Waals surface area contributed by atoms with E-state index >= 15 is 0 Å². The van der Waals surface area contributed by atoms with E-state index in [1.807, 2.05) is 0 Å². The quantitative estimate of drug-likeness (QED) is 0.757. The molecule has 7 nitrogen and oxygen atoms in total. The van der Waals surface area contributed by atoms with Crippen molar-refractivity contribution in [3.05, 3.63) is 46.5 Å². The van der Waals surface area contributed by atoms with Crippen molar-refractivity contribution in [1.82, 2.24) is 15.3 Å². The van der Waals surface area contributed by atoms with Gasteiger partial charge in [-0.1, -0.05) is 17.7 Å². The molecule has 0 bridgehead atoms. The van der Waals surface area contributed by atoms with Gasteiger partial charge in [0.05, 0.1) is 30.3 Å². The molecular formula is C18H20ClFN4O3. The van der Waals surface area contributed by atoms with E-state index in [0.717, 1.165) is 18.9 Å². The summed E-state index contributed by atoms with van der Waals surface area (Å²) in [5, 5.41) is 2.65. The summed E-state index contributed by atoms with van der Waals surface area (Å²) in [7, 11) is 0. The Labute approximate surface area is 161 Å². The lowest BCUT2D eigenvalue weighted by Gasteiger charge is -2.28. The van der Waals surface area contributed by atoms with Crippen LogP contribution in [0, 0.1) is 12.7 Å². The van der Waals surface area contributed by atoms with Crippen LogP contribution in [0.2, 0.25) is 5.02 Å². The van der Waals surface area contributed by atoms with Gasteiger partial charge in [-0.25, -0.2) is 9.37 Å². The predicted octanol–water partition coefficient (Wildman–Crippen LogP) is 2.22. The number of aryl methyl sites for hydroxylation is 1. The van der Waals surface area contributed by atoms with Crippen molar-refractivity contribution in [2.75, 3.05) is 44.4 Å². The van der Waals surface area contributed by atoms with Gasteiger partial charge in [0, 0.05) is 19.2 Å². The lowest BCUT2D eigenvalue weighted by molar-refractivity contribution is 0.0942. The molecule has 3 rings (SSSR count). The molecule has 0 saturated carbocycles. The molecule has 0 atom stereocenters. The highest BCUT2D eigenvalue weighted by molar-refractivity contribution is 6.33. The largest absolute Gasteiger partial charge is 0.476 e. The molecule has 1 aliphatic rings. The minimum absolute atomic E-state index is 0.0648. The normalized spacial score (nSPS) is 14.1. The highest BCUT2D eigenvalue weighted by Gasteiger charge is 2.16. The molecule has 0 radical (unpaired) electrons. The molecule has 1 aliphatic heterocycles. The predicted molar refractivity (Wildman–Crippen MR) is 99.0 cm³/mol. The topological polar surface area (TPSA) is 76.6 Å². The summed E-state index contributed by atoms with van der Waals surface area (Å²) in [6.07, 6.45) is 0. The van der Waals surface area contributed by atoms with Crippen molar-refractivity contribution in [2.24, 2.45) is 0 Å². The van der Waals surface area contributed by atoms with E-state index in [1.54, 1.807) is 13.0 Å². The number of halogens is 2. The standard InChI is InChI=1S/C18H20ClFN4O3/c1-12-22-15(24-6-9-26-10-7-24)11-16(23-12)27-8-5-21-18(25)17-13(19)3-2-4-14(17)20/h2-4,11H,5-10H2,1H3,(H,21,25). The van der Waals surface area contributed by atoms with Crippen LogP contribution < -0.4 is 15.0 Å². The average Bonchev–Trinajstić information content (AvgIpc) is 2.65. The number of anilines is 1. The molecule has 0 aliphatic carbocycles. The Hall–Kier alpha value is -2.45. The molecule has 0 spiro atoms. The smallest absolute Gasteiger partial charge is 0.255 e. The van der Waals surface area contributed by atoms with Gasteiger partial charge in [-0.05, 0) is 19.1 Å². The fourth-order valence-corrected chi connectivity index (χ4v) is 2.93. The third-order valence-corrected chi connectivity index (χ3v) is 4.28. The van der Waals surface area contributed by atoms with Crippen LogP contribution in [0.4, 0.5) is 10.2 Å². The van der Waals surface area contributed by atoms with Gasteiger partial charge >= 0.3 is 0 Å². The number of nitrogens with one attached hydrogen (secondary N) is 1. The number of hydrogen-bond donors (Lipinski definition) is 1. The van der Waals surface area contributed by atoms with E-state index in [1.165, 1.54) is 18.2 Å². The highest BCUT2D eigenvalue weighted by atomic mass is 35.5. The SMILES string of the molecule is Cc1nc(OCCNC(=O)c2c(F)cccc2Cl)cc(N2CCOCC2)n1. The maximum atomic E-state index is 13.7. The number of hydrogen-bond acceptors (Lipinski definition) is 6. The number of ether oxygens (including phenoxy) is 2. The lowest BCUT2D eigenvalue weighted by Crippen LogP contribution is -2.37. The number of rotatable bonds is 6. The van der Waals surface area contributed by atoms with Gasteiger partial charge in [-0.3, -0.25) is 4.79 Å². The van der Waals surface area contributed by atoms with Crippen LogP contribution in [0.1, 0.15) is 16.2 Å². The second-order valence-electron chi connectivity index (χ2n) is 5.91. The molecule has 1 aromatic heterocycles. The molecule has 144 valence electrons. The number of aromatic nitrogens is 2. The van der Waals surface area contributed by atoms with Crippen molar-refractivity contribution in [3.63, 3.8) is 0 Å². The Kier molecular flexibility index (Phi) is 6.41. The van der Waals surface area contributed by atoms with E-state index in [4.69, 9.17) is 21.1 Å². The molecule has 1 saturated heterocycles.